The third-order valence-corrected chi connectivity index (χ3v) is 6.28. The zero-order valence-corrected chi connectivity index (χ0v) is 20.0. The van der Waals surface area contributed by atoms with Crippen LogP contribution < -0.4 is 5.32 Å². The van der Waals surface area contributed by atoms with Gasteiger partial charge in [-0.3, -0.25) is 9.89 Å². The van der Waals surface area contributed by atoms with E-state index in [0.29, 0.717) is 6.04 Å². The number of morpholine rings is 1. The van der Waals surface area contributed by atoms with E-state index in [1.165, 1.54) is 31.5 Å². The van der Waals surface area contributed by atoms with Crippen molar-refractivity contribution in [3.63, 3.8) is 0 Å². The summed E-state index contributed by atoms with van der Waals surface area (Å²) >= 11 is 0. The first-order valence-electron chi connectivity index (χ1n) is 11.0. The molecule has 8 nitrogen and oxygen atoms in total. The third-order valence-electron chi connectivity index (χ3n) is 6.28. The predicted molar refractivity (Wildman–Crippen MR) is 125 cm³/mol. The number of nitrogens with one attached hydrogen (secondary N) is 1. The standard InChI is InChI=1S/C20H35N7O.HI/c1-21-20(26-11-8-17(16-26)25-12-14-28-15-13-25)22-9-5-7-19-24-23-18-6-3-2-4-10-27(18)19;/h17H,2-16H2,1H3,(H,21,22);1H. The number of ether oxygens (including phenoxy) is 1. The lowest BCUT2D eigenvalue weighted by Gasteiger charge is -2.32. The second-order valence-corrected chi connectivity index (χ2v) is 8.11. The molecule has 1 atom stereocenters. The maximum absolute atomic E-state index is 5.49. The molecule has 1 N–H and O–H groups in total. The van der Waals surface area contributed by atoms with Gasteiger partial charge in [0.05, 0.1) is 13.2 Å². The molecular weight excluding hydrogens is 481 g/mol. The molecule has 0 bridgehead atoms. The highest BCUT2D eigenvalue weighted by atomic mass is 127. The Balaban J connectivity index is 0.00000240. The molecule has 4 heterocycles. The minimum absolute atomic E-state index is 0. The maximum atomic E-state index is 5.49. The SMILES string of the molecule is CN=C(NCCCc1nnc2n1CCCCC2)N1CCC(N2CCOCC2)C1.I. The van der Waals surface area contributed by atoms with Gasteiger partial charge in [-0.05, 0) is 25.7 Å². The van der Waals surface area contributed by atoms with Crippen molar-refractivity contribution in [1.82, 2.24) is 29.9 Å². The van der Waals surface area contributed by atoms with E-state index >= 15 is 0 Å². The van der Waals surface area contributed by atoms with Gasteiger partial charge in [-0.25, -0.2) is 0 Å². The van der Waals surface area contributed by atoms with E-state index in [9.17, 15) is 0 Å². The Bertz CT molecular complexity index is 659. The quantitative estimate of drug-likeness (QED) is 0.277. The Labute approximate surface area is 191 Å². The lowest BCUT2D eigenvalue weighted by molar-refractivity contribution is 0.0195. The Morgan fingerprint density at radius 1 is 1.14 bits per heavy atom. The molecule has 0 amide bonds. The van der Waals surface area contributed by atoms with E-state index in [1.54, 1.807) is 0 Å². The van der Waals surface area contributed by atoms with Crippen molar-refractivity contribution in [3.8, 4) is 0 Å². The first-order valence-corrected chi connectivity index (χ1v) is 11.0. The smallest absolute Gasteiger partial charge is 0.193 e. The molecule has 1 aromatic rings. The fourth-order valence-electron chi connectivity index (χ4n) is 4.68. The molecule has 0 aliphatic carbocycles. The van der Waals surface area contributed by atoms with Gasteiger partial charge in [0, 0.05) is 65.2 Å². The van der Waals surface area contributed by atoms with Crippen LogP contribution in [0.4, 0.5) is 0 Å². The van der Waals surface area contributed by atoms with Crippen molar-refractivity contribution in [3.05, 3.63) is 11.6 Å². The Morgan fingerprint density at radius 3 is 2.83 bits per heavy atom. The van der Waals surface area contributed by atoms with Gasteiger partial charge in [0.15, 0.2) is 5.96 Å². The second-order valence-electron chi connectivity index (χ2n) is 8.11. The fraction of sp³-hybridized carbons (Fsp3) is 0.850. The number of guanidine groups is 1. The van der Waals surface area contributed by atoms with Crippen molar-refractivity contribution in [2.75, 3.05) is 53.0 Å². The van der Waals surface area contributed by atoms with Crippen LogP contribution in [0.3, 0.4) is 0 Å². The van der Waals surface area contributed by atoms with Crippen LogP contribution >= 0.6 is 24.0 Å². The lowest BCUT2D eigenvalue weighted by atomic mass is 10.2. The molecule has 3 aliphatic heterocycles. The monoisotopic (exact) mass is 517 g/mol. The van der Waals surface area contributed by atoms with Crippen LogP contribution in [-0.4, -0.2) is 89.6 Å². The molecule has 1 aromatic heterocycles. The summed E-state index contributed by atoms with van der Waals surface area (Å²) in [4.78, 5) is 9.51. The van der Waals surface area contributed by atoms with Gasteiger partial charge in [-0.1, -0.05) is 6.42 Å². The van der Waals surface area contributed by atoms with Gasteiger partial charge < -0.3 is 19.5 Å². The van der Waals surface area contributed by atoms with Crippen molar-refractivity contribution in [2.45, 2.75) is 57.5 Å². The summed E-state index contributed by atoms with van der Waals surface area (Å²) in [7, 11) is 1.89. The highest BCUT2D eigenvalue weighted by molar-refractivity contribution is 14.0. The van der Waals surface area contributed by atoms with Gasteiger partial charge in [0.2, 0.25) is 0 Å². The lowest BCUT2D eigenvalue weighted by Crippen LogP contribution is -2.46. The summed E-state index contributed by atoms with van der Waals surface area (Å²) in [5.41, 5.74) is 0. The first-order chi connectivity index (χ1) is 13.8. The predicted octanol–water partition coefficient (Wildman–Crippen LogP) is 1.54. The molecule has 0 saturated carbocycles. The summed E-state index contributed by atoms with van der Waals surface area (Å²) in [5, 5.41) is 12.4. The normalized spacial score (nSPS) is 23.4. The largest absolute Gasteiger partial charge is 0.379 e. The van der Waals surface area contributed by atoms with Crippen LogP contribution in [0.2, 0.25) is 0 Å². The maximum Gasteiger partial charge on any atom is 0.193 e. The molecule has 4 rings (SSSR count). The number of likely N-dealkylation sites (tertiary alicyclic amines) is 1. The van der Waals surface area contributed by atoms with Crippen molar-refractivity contribution in [2.24, 2.45) is 4.99 Å². The summed E-state index contributed by atoms with van der Waals surface area (Å²) in [6, 6.07) is 0.633. The van der Waals surface area contributed by atoms with Gasteiger partial charge in [0.25, 0.3) is 0 Å². The molecule has 1 unspecified atom stereocenters. The minimum Gasteiger partial charge on any atom is -0.379 e. The van der Waals surface area contributed by atoms with Crippen LogP contribution in [0.25, 0.3) is 0 Å². The summed E-state index contributed by atoms with van der Waals surface area (Å²) in [6.07, 6.45) is 8.14. The van der Waals surface area contributed by atoms with Gasteiger partial charge >= 0.3 is 0 Å². The number of hydrogen-bond acceptors (Lipinski definition) is 5. The number of nitrogens with zero attached hydrogens (tertiary/aromatic N) is 6. The second kappa shape index (κ2) is 11.5. The number of aliphatic imine (C=N–C) groups is 1. The summed E-state index contributed by atoms with van der Waals surface area (Å²) in [6.45, 7) is 8.03. The highest BCUT2D eigenvalue weighted by Gasteiger charge is 2.30. The van der Waals surface area contributed by atoms with Crippen LogP contribution in [0.1, 0.15) is 43.8 Å². The minimum atomic E-state index is 0. The van der Waals surface area contributed by atoms with E-state index in [-0.39, 0.29) is 24.0 Å². The molecule has 2 fully saturated rings. The highest BCUT2D eigenvalue weighted by Crippen LogP contribution is 2.17. The van der Waals surface area contributed by atoms with Crippen molar-refractivity contribution in [1.29, 1.82) is 0 Å². The number of aryl methyl sites for hydroxylation is 2. The summed E-state index contributed by atoms with van der Waals surface area (Å²) in [5.74, 6) is 3.38. The van der Waals surface area contributed by atoms with E-state index in [2.05, 4.69) is 34.9 Å². The molecule has 9 heteroatoms. The topological polar surface area (TPSA) is 70.8 Å². The number of aromatic nitrogens is 3. The van der Waals surface area contributed by atoms with E-state index in [4.69, 9.17) is 4.74 Å². The van der Waals surface area contributed by atoms with Crippen LogP contribution in [-0.2, 0) is 24.1 Å². The van der Waals surface area contributed by atoms with Gasteiger partial charge in [-0.15, -0.1) is 34.2 Å². The zero-order chi connectivity index (χ0) is 19.2. The average Bonchev–Trinajstić information content (AvgIpc) is 3.30. The van der Waals surface area contributed by atoms with E-state index < -0.39 is 0 Å². The van der Waals surface area contributed by atoms with Crippen LogP contribution in [0, 0.1) is 0 Å². The van der Waals surface area contributed by atoms with Crippen LogP contribution in [0.5, 0.6) is 0 Å². The summed E-state index contributed by atoms with van der Waals surface area (Å²) < 4.78 is 7.85. The number of rotatable bonds is 5. The molecule has 2 saturated heterocycles. The van der Waals surface area contributed by atoms with Crippen LogP contribution in [0.15, 0.2) is 4.99 Å². The van der Waals surface area contributed by atoms with Crippen molar-refractivity contribution >= 4 is 29.9 Å². The fourth-order valence-corrected chi connectivity index (χ4v) is 4.68. The molecule has 164 valence electrons. The number of fused-ring (bicyclic) bond motifs is 1. The zero-order valence-electron chi connectivity index (χ0n) is 17.7. The molecule has 29 heavy (non-hydrogen) atoms. The van der Waals surface area contributed by atoms with Gasteiger partial charge in [-0.2, -0.15) is 0 Å². The average molecular weight is 517 g/mol. The Hall–Kier alpha value is -0.940. The van der Waals surface area contributed by atoms with Crippen molar-refractivity contribution < 1.29 is 4.74 Å². The third kappa shape index (κ3) is 5.81. The Kier molecular flexibility index (Phi) is 8.98. The van der Waals surface area contributed by atoms with E-state index in [1.807, 2.05) is 7.05 Å². The molecule has 0 radical (unpaired) electrons. The molecule has 0 spiro atoms. The van der Waals surface area contributed by atoms with Gasteiger partial charge in [0.1, 0.15) is 11.6 Å². The number of hydrogen-bond donors (Lipinski definition) is 1. The first kappa shape index (κ1) is 22.7. The Morgan fingerprint density at radius 2 is 2.00 bits per heavy atom. The molecule has 3 aliphatic rings. The molecule has 0 aromatic carbocycles. The molecular formula is C20H36IN7O. The van der Waals surface area contributed by atoms with E-state index in [0.717, 1.165) is 83.5 Å². The number of halogens is 1.